The van der Waals surface area contributed by atoms with Gasteiger partial charge in [0.05, 0.1) is 0 Å². The molecule has 0 saturated carbocycles. The van der Waals surface area contributed by atoms with Crippen LogP contribution in [0.5, 0.6) is 0 Å². The molecule has 1 unspecified atom stereocenters. The Morgan fingerprint density at radius 2 is 1.81 bits per heavy atom. The SMILES string of the molecule is CC(=O)OCC1=C(C(=O)OC(c2ccccc2)c2ccccc2)N2C(=O)C(Nc3ncc[nH]3)[C@@H]2SC1. The molecule has 0 bridgehead atoms. The second-order valence-corrected chi connectivity index (χ2v) is 9.41. The van der Waals surface area contributed by atoms with Gasteiger partial charge in [-0.25, -0.2) is 9.78 Å². The molecule has 2 atom stereocenters. The lowest BCUT2D eigenvalue weighted by Gasteiger charge is -2.49. The standard InChI is InChI=1S/C26H24N4O5S/c1-16(31)34-14-19-15-36-24-20(29-26-27-12-13-28-26)23(32)30(24)21(19)25(33)35-22(17-8-4-2-5-9-17)18-10-6-3-7-11-18/h2-13,20,22,24H,14-15H2,1H3,(H2,27,28,29)/t20?,24-/m0/s1. The van der Waals surface area contributed by atoms with Gasteiger partial charge >= 0.3 is 11.9 Å². The van der Waals surface area contributed by atoms with E-state index in [0.29, 0.717) is 17.3 Å². The summed E-state index contributed by atoms with van der Waals surface area (Å²) in [4.78, 5) is 46.9. The van der Waals surface area contributed by atoms with Crippen molar-refractivity contribution >= 4 is 35.6 Å². The number of imidazole rings is 1. The van der Waals surface area contributed by atoms with Crippen molar-refractivity contribution in [1.82, 2.24) is 14.9 Å². The van der Waals surface area contributed by atoms with Gasteiger partial charge in [0.15, 0.2) is 6.10 Å². The zero-order valence-corrected chi connectivity index (χ0v) is 20.2. The van der Waals surface area contributed by atoms with Crippen molar-refractivity contribution in [3.63, 3.8) is 0 Å². The molecule has 10 heteroatoms. The first-order chi connectivity index (χ1) is 17.5. The lowest BCUT2D eigenvalue weighted by molar-refractivity contribution is -0.152. The Morgan fingerprint density at radius 3 is 2.39 bits per heavy atom. The van der Waals surface area contributed by atoms with E-state index in [1.54, 1.807) is 12.4 Å². The number of H-pyrrole nitrogens is 1. The van der Waals surface area contributed by atoms with Gasteiger partial charge in [0.1, 0.15) is 23.7 Å². The van der Waals surface area contributed by atoms with E-state index in [2.05, 4.69) is 15.3 Å². The topological polar surface area (TPSA) is 114 Å². The van der Waals surface area contributed by atoms with Crippen LogP contribution in [-0.4, -0.2) is 56.5 Å². The Hall–Kier alpha value is -4.05. The third-order valence-corrected chi connectivity index (χ3v) is 7.25. The highest BCUT2D eigenvalue weighted by Gasteiger charge is 2.54. The first-order valence-corrected chi connectivity index (χ1v) is 12.4. The second kappa shape index (κ2) is 10.3. The number of rotatable bonds is 8. The molecule has 1 amide bonds. The van der Waals surface area contributed by atoms with Crippen molar-refractivity contribution in [3.05, 3.63) is 95.5 Å². The van der Waals surface area contributed by atoms with E-state index in [9.17, 15) is 14.4 Å². The highest BCUT2D eigenvalue weighted by molar-refractivity contribution is 8.00. The van der Waals surface area contributed by atoms with E-state index in [1.165, 1.54) is 23.6 Å². The predicted octanol–water partition coefficient (Wildman–Crippen LogP) is 3.26. The van der Waals surface area contributed by atoms with Gasteiger partial charge in [-0.1, -0.05) is 60.7 Å². The van der Waals surface area contributed by atoms with Gasteiger partial charge in [0.2, 0.25) is 5.95 Å². The Morgan fingerprint density at radius 1 is 1.14 bits per heavy atom. The quantitative estimate of drug-likeness (QED) is 0.355. The Balaban J connectivity index is 1.45. The summed E-state index contributed by atoms with van der Waals surface area (Å²) in [5.74, 6) is -0.525. The number of carbonyl (C=O) groups excluding carboxylic acids is 3. The van der Waals surface area contributed by atoms with E-state index < -0.39 is 24.1 Å². The molecule has 2 aliphatic heterocycles. The maximum Gasteiger partial charge on any atom is 0.356 e. The molecule has 2 aromatic carbocycles. The Bertz CT molecular complexity index is 1240. The summed E-state index contributed by atoms with van der Waals surface area (Å²) in [6.07, 6.45) is 2.57. The summed E-state index contributed by atoms with van der Waals surface area (Å²) in [6, 6.07) is 18.3. The molecule has 3 heterocycles. The van der Waals surface area contributed by atoms with Gasteiger partial charge in [-0.15, -0.1) is 11.8 Å². The van der Waals surface area contributed by atoms with Crippen LogP contribution < -0.4 is 5.32 Å². The summed E-state index contributed by atoms with van der Waals surface area (Å²) < 4.78 is 11.3. The average Bonchev–Trinajstić information content (AvgIpc) is 3.43. The van der Waals surface area contributed by atoms with Crippen molar-refractivity contribution in [2.24, 2.45) is 0 Å². The maximum absolute atomic E-state index is 13.7. The summed E-state index contributed by atoms with van der Waals surface area (Å²) in [7, 11) is 0. The molecular formula is C26H24N4O5S. The third-order valence-electron chi connectivity index (χ3n) is 5.91. The van der Waals surface area contributed by atoms with Crippen LogP contribution in [0.25, 0.3) is 0 Å². The van der Waals surface area contributed by atoms with Crippen LogP contribution >= 0.6 is 11.8 Å². The molecule has 2 aliphatic rings. The highest BCUT2D eigenvalue weighted by atomic mass is 32.2. The molecule has 1 fully saturated rings. The van der Waals surface area contributed by atoms with Gasteiger partial charge in [-0.3, -0.25) is 14.5 Å². The monoisotopic (exact) mass is 504 g/mol. The van der Waals surface area contributed by atoms with Crippen LogP contribution in [0.4, 0.5) is 5.95 Å². The fourth-order valence-corrected chi connectivity index (χ4v) is 5.54. The number of esters is 2. The van der Waals surface area contributed by atoms with Crippen molar-refractivity contribution in [2.75, 3.05) is 17.7 Å². The summed E-state index contributed by atoms with van der Waals surface area (Å²) >= 11 is 1.48. The Kier molecular flexibility index (Phi) is 6.77. The van der Waals surface area contributed by atoms with Crippen molar-refractivity contribution in [1.29, 1.82) is 0 Å². The molecule has 0 radical (unpaired) electrons. The van der Waals surface area contributed by atoms with E-state index >= 15 is 0 Å². The minimum Gasteiger partial charge on any atom is -0.461 e. The largest absolute Gasteiger partial charge is 0.461 e. The van der Waals surface area contributed by atoms with Crippen LogP contribution in [0.15, 0.2) is 84.3 Å². The number of thioether (sulfide) groups is 1. The van der Waals surface area contributed by atoms with Gasteiger partial charge in [0, 0.05) is 30.6 Å². The summed E-state index contributed by atoms with van der Waals surface area (Å²) in [6.45, 7) is 1.21. The number of hydrogen-bond acceptors (Lipinski definition) is 8. The number of amides is 1. The molecule has 1 aromatic heterocycles. The Labute approximate surface area is 211 Å². The van der Waals surface area contributed by atoms with Crippen molar-refractivity contribution in [2.45, 2.75) is 24.4 Å². The van der Waals surface area contributed by atoms with Crippen LogP contribution in [0.3, 0.4) is 0 Å². The number of nitrogens with zero attached hydrogens (tertiary/aromatic N) is 2. The lowest BCUT2D eigenvalue weighted by Crippen LogP contribution is -2.68. The predicted molar refractivity (Wildman–Crippen MR) is 134 cm³/mol. The molecular weight excluding hydrogens is 480 g/mol. The molecule has 1 saturated heterocycles. The minimum absolute atomic E-state index is 0.0963. The number of fused-ring (bicyclic) bond motifs is 1. The lowest BCUT2D eigenvalue weighted by atomic mass is 10.0. The maximum atomic E-state index is 13.7. The van der Waals surface area contributed by atoms with E-state index in [-0.39, 0.29) is 23.6 Å². The zero-order valence-electron chi connectivity index (χ0n) is 19.4. The number of ether oxygens (including phenoxy) is 2. The first kappa shape index (κ1) is 23.7. The molecule has 0 spiro atoms. The fourth-order valence-electron chi connectivity index (χ4n) is 4.21. The summed E-state index contributed by atoms with van der Waals surface area (Å²) in [5, 5.41) is 2.75. The van der Waals surface area contributed by atoms with Crippen molar-refractivity contribution < 1.29 is 23.9 Å². The molecule has 36 heavy (non-hydrogen) atoms. The van der Waals surface area contributed by atoms with Crippen LogP contribution in [0.2, 0.25) is 0 Å². The molecule has 2 N–H and O–H groups in total. The van der Waals surface area contributed by atoms with Crippen LogP contribution in [-0.2, 0) is 23.9 Å². The average molecular weight is 505 g/mol. The normalized spacial score (nSPS) is 18.9. The minimum atomic E-state index is -0.677. The fraction of sp³-hybridized carbons (Fsp3) is 0.231. The zero-order chi connectivity index (χ0) is 25.1. The highest BCUT2D eigenvalue weighted by Crippen LogP contribution is 2.42. The summed E-state index contributed by atoms with van der Waals surface area (Å²) in [5.41, 5.74) is 2.25. The van der Waals surface area contributed by atoms with Gasteiger partial charge in [-0.2, -0.15) is 0 Å². The molecule has 5 rings (SSSR count). The number of hydrogen-bond donors (Lipinski definition) is 2. The van der Waals surface area contributed by atoms with Gasteiger partial charge in [-0.05, 0) is 11.1 Å². The number of β-lactam (4-membered cyclic amide) rings is 1. The number of benzene rings is 2. The van der Waals surface area contributed by atoms with E-state index in [0.717, 1.165) is 11.1 Å². The van der Waals surface area contributed by atoms with E-state index in [1.807, 2.05) is 60.7 Å². The second-order valence-electron chi connectivity index (χ2n) is 8.31. The van der Waals surface area contributed by atoms with Gasteiger partial charge in [0.25, 0.3) is 5.91 Å². The first-order valence-electron chi connectivity index (χ1n) is 11.4. The van der Waals surface area contributed by atoms with E-state index in [4.69, 9.17) is 9.47 Å². The van der Waals surface area contributed by atoms with Crippen LogP contribution in [0, 0.1) is 0 Å². The number of carbonyl (C=O) groups is 3. The third kappa shape index (κ3) is 4.72. The van der Waals surface area contributed by atoms with Gasteiger partial charge < -0.3 is 19.8 Å². The number of anilines is 1. The number of aromatic amines is 1. The number of aromatic nitrogens is 2. The smallest absolute Gasteiger partial charge is 0.356 e. The van der Waals surface area contributed by atoms with Crippen LogP contribution in [0.1, 0.15) is 24.2 Å². The molecule has 184 valence electrons. The van der Waals surface area contributed by atoms with Crippen molar-refractivity contribution in [3.8, 4) is 0 Å². The molecule has 3 aromatic rings. The molecule has 0 aliphatic carbocycles. The molecule has 9 nitrogen and oxygen atoms in total. The number of nitrogens with one attached hydrogen (secondary N) is 2.